The quantitative estimate of drug-likeness (QED) is 0.635. The Morgan fingerprint density at radius 2 is 1.75 bits per heavy atom. The number of hydrogen-bond acceptors (Lipinski definition) is 3. The highest BCUT2D eigenvalue weighted by Crippen LogP contribution is 2.17. The maximum absolute atomic E-state index is 12.8. The van der Waals surface area contributed by atoms with Crippen LogP contribution in [0.25, 0.3) is 0 Å². The molecule has 0 spiro atoms. The van der Waals surface area contributed by atoms with Crippen molar-refractivity contribution in [3.05, 3.63) is 35.6 Å². The smallest absolute Gasteiger partial charge is 0.251 e. The molecule has 6 heteroatoms. The molecule has 1 fully saturated rings. The van der Waals surface area contributed by atoms with Crippen LogP contribution in [0.2, 0.25) is 0 Å². The standard InChI is InChI=1S/C18H26FN3O2/c19-16-5-3-15(4-6-16)18(24)22-11-1-10-21-17(23)7-2-14-8-12-20-13-9-14/h3-6,14,20H,1-2,7-13H2,(H,21,23)(H,22,24). The summed E-state index contributed by atoms with van der Waals surface area (Å²) in [5.41, 5.74) is 0.433. The van der Waals surface area contributed by atoms with E-state index in [0.29, 0.717) is 37.4 Å². The van der Waals surface area contributed by atoms with Gasteiger partial charge >= 0.3 is 0 Å². The molecule has 0 aliphatic carbocycles. The van der Waals surface area contributed by atoms with Crippen LogP contribution < -0.4 is 16.0 Å². The highest BCUT2D eigenvalue weighted by molar-refractivity contribution is 5.94. The third-order valence-electron chi connectivity index (χ3n) is 4.31. The second-order valence-corrected chi connectivity index (χ2v) is 6.20. The largest absolute Gasteiger partial charge is 0.356 e. The van der Waals surface area contributed by atoms with Crippen molar-refractivity contribution in [2.45, 2.75) is 32.1 Å². The Morgan fingerprint density at radius 1 is 1.08 bits per heavy atom. The van der Waals surface area contributed by atoms with E-state index in [1.165, 1.54) is 24.3 Å². The Balaban J connectivity index is 1.51. The first-order valence-corrected chi connectivity index (χ1v) is 8.66. The van der Waals surface area contributed by atoms with Gasteiger partial charge in [0.25, 0.3) is 5.91 Å². The summed E-state index contributed by atoms with van der Waals surface area (Å²) in [6.45, 7) is 3.14. The minimum absolute atomic E-state index is 0.0818. The third-order valence-corrected chi connectivity index (χ3v) is 4.31. The van der Waals surface area contributed by atoms with Crippen LogP contribution in [0.15, 0.2) is 24.3 Å². The van der Waals surface area contributed by atoms with Gasteiger partial charge in [0, 0.05) is 25.1 Å². The summed E-state index contributed by atoms with van der Waals surface area (Å²) in [6.07, 6.45) is 4.51. The minimum Gasteiger partial charge on any atom is -0.356 e. The SMILES string of the molecule is O=C(CCC1CCNCC1)NCCCNC(=O)c1ccc(F)cc1. The summed E-state index contributed by atoms with van der Waals surface area (Å²) in [5.74, 6) is 0.149. The summed E-state index contributed by atoms with van der Waals surface area (Å²) in [5, 5.41) is 8.96. The number of hydrogen-bond donors (Lipinski definition) is 3. The third kappa shape index (κ3) is 6.66. The average molecular weight is 335 g/mol. The van der Waals surface area contributed by atoms with Crippen LogP contribution in [-0.4, -0.2) is 38.0 Å². The lowest BCUT2D eigenvalue weighted by Gasteiger charge is -2.22. The summed E-state index contributed by atoms with van der Waals surface area (Å²) in [6, 6.07) is 5.43. The number of amides is 2. The van der Waals surface area contributed by atoms with Crippen LogP contribution in [0.5, 0.6) is 0 Å². The van der Waals surface area contributed by atoms with E-state index in [1.54, 1.807) is 0 Å². The summed E-state index contributed by atoms with van der Waals surface area (Å²) in [7, 11) is 0. The van der Waals surface area contributed by atoms with Crippen LogP contribution in [-0.2, 0) is 4.79 Å². The lowest BCUT2D eigenvalue weighted by Crippen LogP contribution is -2.31. The number of carbonyl (C=O) groups excluding carboxylic acids is 2. The van der Waals surface area contributed by atoms with E-state index in [2.05, 4.69) is 16.0 Å². The number of piperidine rings is 1. The fourth-order valence-electron chi connectivity index (χ4n) is 2.82. The molecule has 0 unspecified atom stereocenters. The number of nitrogens with one attached hydrogen (secondary N) is 3. The molecule has 1 heterocycles. The van der Waals surface area contributed by atoms with Crippen molar-refractivity contribution in [3.63, 3.8) is 0 Å². The van der Waals surface area contributed by atoms with Crippen molar-refractivity contribution < 1.29 is 14.0 Å². The van der Waals surface area contributed by atoms with E-state index in [4.69, 9.17) is 0 Å². The Bertz CT molecular complexity index is 528. The second-order valence-electron chi connectivity index (χ2n) is 6.20. The summed E-state index contributed by atoms with van der Waals surface area (Å²) in [4.78, 5) is 23.6. The zero-order valence-corrected chi connectivity index (χ0v) is 13.9. The van der Waals surface area contributed by atoms with Crippen molar-refractivity contribution in [1.29, 1.82) is 0 Å². The van der Waals surface area contributed by atoms with E-state index < -0.39 is 0 Å². The van der Waals surface area contributed by atoms with Crippen LogP contribution in [0.3, 0.4) is 0 Å². The molecule has 1 aliphatic rings. The van der Waals surface area contributed by atoms with E-state index in [9.17, 15) is 14.0 Å². The lowest BCUT2D eigenvalue weighted by molar-refractivity contribution is -0.121. The normalized spacial score (nSPS) is 15.0. The monoisotopic (exact) mass is 335 g/mol. The van der Waals surface area contributed by atoms with Crippen molar-refractivity contribution >= 4 is 11.8 Å². The van der Waals surface area contributed by atoms with Gasteiger partial charge in [-0.15, -0.1) is 0 Å². The maximum Gasteiger partial charge on any atom is 0.251 e. The fourth-order valence-corrected chi connectivity index (χ4v) is 2.82. The molecular weight excluding hydrogens is 309 g/mol. The first-order valence-electron chi connectivity index (χ1n) is 8.66. The molecule has 0 radical (unpaired) electrons. The molecule has 3 N–H and O–H groups in total. The molecule has 1 aromatic rings. The van der Waals surface area contributed by atoms with Gasteiger partial charge in [0.15, 0.2) is 0 Å². The molecule has 1 aromatic carbocycles. The van der Waals surface area contributed by atoms with Crippen molar-refractivity contribution in [2.75, 3.05) is 26.2 Å². The molecule has 0 aromatic heterocycles. The number of rotatable bonds is 8. The predicted octanol–water partition coefficient (Wildman–Crippen LogP) is 1.84. The van der Waals surface area contributed by atoms with Gasteiger partial charge in [0.05, 0.1) is 0 Å². The van der Waals surface area contributed by atoms with Gasteiger partial charge in [0.1, 0.15) is 5.82 Å². The second kappa shape index (κ2) is 10.0. The van der Waals surface area contributed by atoms with Crippen LogP contribution in [0.1, 0.15) is 42.5 Å². The van der Waals surface area contributed by atoms with Gasteiger partial charge in [0.2, 0.25) is 5.91 Å². The molecule has 2 amide bonds. The zero-order chi connectivity index (χ0) is 17.2. The molecule has 0 saturated carbocycles. The maximum atomic E-state index is 12.8. The van der Waals surface area contributed by atoms with E-state index in [0.717, 1.165) is 32.4 Å². The summed E-state index contributed by atoms with van der Waals surface area (Å²) < 4.78 is 12.8. The van der Waals surface area contributed by atoms with E-state index >= 15 is 0 Å². The molecule has 0 bridgehead atoms. The molecule has 132 valence electrons. The van der Waals surface area contributed by atoms with Crippen LogP contribution >= 0.6 is 0 Å². The molecule has 0 atom stereocenters. The predicted molar refractivity (Wildman–Crippen MR) is 91.2 cm³/mol. The Hall–Kier alpha value is -1.95. The van der Waals surface area contributed by atoms with Crippen molar-refractivity contribution in [1.82, 2.24) is 16.0 Å². The molecule has 2 rings (SSSR count). The van der Waals surface area contributed by atoms with Gasteiger partial charge in [-0.1, -0.05) is 0 Å². The Labute approximate surface area is 142 Å². The van der Waals surface area contributed by atoms with E-state index in [1.807, 2.05) is 0 Å². The number of carbonyl (C=O) groups is 2. The van der Waals surface area contributed by atoms with Crippen LogP contribution in [0.4, 0.5) is 4.39 Å². The highest BCUT2D eigenvalue weighted by atomic mass is 19.1. The number of halogens is 1. The number of benzene rings is 1. The topological polar surface area (TPSA) is 70.2 Å². The molecule has 1 aliphatic heterocycles. The Morgan fingerprint density at radius 3 is 2.46 bits per heavy atom. The average Bonchev–Trinajstić information content (AvgIpc) is 2.61. The molecule has 5 nitrogen and oxygen atoms in total. The van der Waals surface area contributed by atoms with Crippen molar-refractivity contribution in [3.8, 4) is 0 Å². The fraction of sp³-hybridized carbons (Fsp3) is 0.556. The van der Waals surface area contributed by atoms with Gasteiger partial charge < -0.3 is 16.0 Å². The van der Waals surface area contributed by atoms with Gasteiger partial charge in [-0.3, -0.25) is 9.59 Å². The minimum atomic E-state index is -0.362. The lowest BCUT2D eigenvalue weighted by atomic mass is 9.93. The van der Waals surface area contributed by atoms with Gasteiger partial charge in [-0.05, 0) is 69.0 Å². The van der Waals surface area contributed by atoms with Crippen molar-refractivity contribution in [2.24, 2.45) is 5.92 Å². The molecular formula is C18H26FN3O2. The van der Waals surface area contributed by atoms with Gasteiger partial charge in [-0.2, -0.15) is 0 Å². The first kappa shape index (κ1) is 18.4. The van der Waals surface area contributed by atoms with E-state index in [-0.39, 0.29) is 17.6 Å². The highest BCUT2D eigenvalue weighted by Gasteiger charge is 2.14. The molecule has 24 heavy (non-hydrogen) atoms. The zero-order valence-electron chi connectivity index (χ0n) is 13.9. The summed E-state index contributed by atoms with van der Waals surface area (Å²) >= 11 is 0. The Kier molecular flexibility index (Phi) is 7.68. The first-order chi connectivity index (χ1) is 11.6. The molecule has 1 saturated heterocycles. The van der Waals surface area contributed by atoms with Crippen LogP contribution in [0, 0.1) is 11.7 Å². The van der Waals surface area contributed by atoms with Gasteiger partial charge in [-0.25, -0.2) is 4.39 Å².